The number of unbranched alkanes of at least 4 members (excludes halogenated alkanes) is 48. The monoisotopic (exact) mass is 1480 g/mol. The Morgan fingerprint density at radius 3 is 0.673 bits per heavy atom. The first kappa shape index (κ1) is 99.1. The zero-order valence-electron chi connectivity index (χ0n) is 66.4. The van der Waals surface area contributed by atoms with Crippen LogP contribution in [0.4, 0.5) is 0 Å². The molecule has 0 amide bonds. The molecular weight excluding hydrogens is 1320 g/mol. The van der Waals surface area contributed by atoms with Gasteiger partial charge in [0.25, 0.3) is 0 Å². The van der Waals surface area contributed by atoms with Gasteiger partial charge in [-0.05, 0) is 43.4 Å². The molecular formula is C82H160O17P2. The minimum absolute atomic E-state index is 0.107. The molecule has 5 atom stereocenters. The SMILES string of the molecule is CCCCCCCCCCCCCC(=O)OC[C@H](COP(=O)(O)OC[C@H](O)COP(=O)(O)OC[C@@H](COC(=O)CCCCCCCCCCCCCCCC(C)C)OC(=O)CCCCCCCCCCCCCCCCCC(C)C)OC(=O)CCCCCCCCCCCCCCCC(C)C. The van der Waals surface area contributed by atoms with E-state index in [1.54, 1.807) is 0 Å². The van der Waals surface area contributed by atoms with Gasteiger partial charge in [-0.25, -0.2) is 9.13 Å². The first-order valence-corrected chi connectivity index (χ1v) is 45.3. The average Bonchev–Trinajstić information content (AvgIpc) is 1.59. The molecule has 101 heavy (non-hydrogen) atoms. The van der Waals surface area contributed by atoms with E-state index in [4.69, 9.17) is 37.0 Å². The molecule has 0 aromatic rings. The van der Waals surface area contributed by atoms with Gasteiger partial charge in [0.2, 0.25) is 0 Å². The topological polar surface area (TPSA) is 237 Å². The molecule has 0 aliphatic carbocycles. The lowest BCUT2D eigenvalue weighted by molar-refractivity contribution is -0.161. The average molecular weight is 1480 g/mol. The Balaban J connectivity index is 5.26. The summed E-state index contributed by atoms with van der Waals surface area (Å²) >= 11 is 0. The fourth-order valence-electron chi connectivity index (χ4n) is 12.7. The van der Waals surface area contributed by atoms with E-state index >= 15 is 0 Å². The Morgan fingerprint density at radius 1 is 0.267 bits per heavy atom. The zero-order valence-corrected chi connectivity index (χ0v) is 68.2. The molecule has 0 fully saturated rings. The van der Waals surface area contributed by atoms with Gasteiger partial charge in [0.1, 0.15) is 19.3 Å². The third-order valence-electron chi connectivity index (χ3n) is 19.1. The highest BCUT2D eigenvalue weighted by Crippen LogP contribution is 2.45. The number of ether oxygens (including phenoxy) is 4. The van der Waals surface area contributed by atoms with Crippen LogP contribution in [0.3, 0.4) is 0 Å². The summed E-state index contributed by atoms with van der Waals surface area (Å²) in [4.78, 5) is 73.1. The number of aliphatic hydroxyl groups excluding tert-OH is 1. The molecule has 600 valence electrons. The highest BCUT2D eigenvalue weighted by molar-refractivity contribution is 7.47. The van der Waals surface area contributed by atoms with Gasteiger partial charge in [0.15, 0.2) is 12.2 Å². The largest absolute Gasteiger partial charge is 0.472 e. The molecule has 0 aromatic carbocycles. The van der Waals surface area contributed by atoms with E-state index < -0.39 is 97.5 Å². The van der Waals surface area contributed by atoms with Crippen LogP contribution in [-0.2, 0) is 65.4 Å². The summed E-state index contributed by atoms with van der Waals surface area (Å²) in [6, 6.07) is 0. The molecule has 0 spiro atoms. The maximum Gasteiger partial charge on any atom is 0.472 e. The summed E-state index contributed by atoms with van der Waals surface area (Å²) in [6.45, 7) is 12.0. The molecule has 0 aliphatic rings. The molecule has 3 N–H and O–H groups in total. The Hall–Kier alpha value is -1.94. The number of phosphoric ester groups is 2. The zero-order chi connectivity index (χ0) is 74.4. The quantitative estimate of drug-likeness (QED) is 0.0222. The summed E-state index contributed by atoms with van der Waals surface area (Å²) in [6.07, 6.45) is 60.9. The molecule has 0 rings (SSSR count). The van der Waals surface area contributed by atoms with Gasteiger partial charge in [-0.15, -0.1) is 0 Å². The molecule has 2 unspecified atom stereocenters. The molecule has 0 heterocycles. The molecule has 17 nitrogen and oxygen atoms in total. The maximum absolute atomic E-state index is 13.1. The van der Waals surface area contributed by atoms with Crippen molar-refractivity contribution in [1.29, 1.82) is 0 Å². The third kappa shape index (κ3) is 76.1. The summed E-state index contributed by atoms with van der Waals surface area (Å²) in [7, 11) is -9.92. The van der Waals surface area contributed by atoms with Crippen molar-refractivity contribution in [3.63, 3.8) is 0 Å². The van der Waals surface area contributed by atoms with Crippen LogP contribution in [0.25, 0.3) is 0 Å². The van der Waals surface area contributed by atoms with Crippen molar-refractivity contribution in [1.82, 2.24) is 0 Å². The van der Waals surface area contributed by atoms with E-state index in [1.807, 2.05) is 0 Å². The molecule has 0 saturated carbocycles. The van der Waals surface area contributed by atoms with Crippen LogP contribution in [0.5, 0.6) is 0 Å². The second kappa shape index (κ2) is 72.3. The number of rotatable bonds is 80. The lowest BCUT2D eigenvalue weighted by atomic mass is 10.0. The number of phosphoric acid groups is 2. The smallest absolute Gasteiger partial charge is 0.462 e. The number of hydrogen-bond acceptors (Lipinski definition) is 15. The van der Waals surface area contributed by atoms with Crippen molar-refractivity contribution < 1.29 is 80.2 Å². The van der Waals surface area contributed by atoms with Crippen LogP contribution in [0.15, 0.2) is 0 Å². The van der Waals surface area contributed by atoms with Crippen LogP contribution < -0.4 is 0 Å². The van der Waals surface area contributed by atoms with Gasteiger partial charge < -0.3 is 33.8 Å². The Bertz CT molecular complexity index is 1960. The first-order chi connectivity index (χ1) is 48.7. The lowest BCUT2D eigenvalue weighted by Gasteiger charge is -2.21. The van der Waals surface area contributed by atoms with E-state index in [0.717, 1.165) is 108 Å². The second-order valence-corrected chi connectivity index (χ2v) is 33.8. The maximum atomic E-state index is 13.1. The van der Waals surface area contributed by atoms with Crippen LogP contribution in [0, 0.1) is 17.8 Å². The van der Waals surface area contributed by atoms with Crippen molar-refractivity contribution in [3.8, 4) is 0 Å². The first-order valence-electron chi connectivity index (χ1n) is 42.3. The fourth-order valence-corrected chi connectivity index (χ4v) is 14.2. The van der Waals surface area contributed by atoms with E-state index in [0.29, 0.717) is 25.7 Å². The van der Waals surface area contributed by atoms with Gasteiger partial charge in [-0.3, -0.25) is 37.3 Å². The van der Waals surface area contributed by atoms with Crippen molar-refractivity contribution in [3.05, 3.63) is 0 Å². The van der Waals surface area contributed by atoms with Crippen LogP contribution in [-0.4, -0.2) is 96.7 Å². The Labute approximate surface area is 619 Å². The van der Waals surface area contributed by atoms with Gasteiger partial charge in [0.05, 0.1) is 26.4 Å². The number of carbonyl (C=O) groups excluding carboxylic acids is 4. The van der Waals surface area contributed by atoms with E-state index in [1.165, 1.54) is 238 Å². The summed E-state index contributed by atoms with van der Waals surface area (Å²) < 4.78 is 68.8. The molecule has 0 aliphatic heterocycles. The van der Waals surface area contributed by atoms with Crippen LogP contribution >= 0.6 is 15.6 Å². The Kier molecular flexibility index (Phi) is 70.9. The molecule has 0 saturated heterocycles. The van der Waals surface area contributed by atoms with Crippen molar-refractivity contribution in [2.75, 3.05) is 39.6 Å². The third-order valence-corrected chi connectivity index (χ3v) is 21.0. The van der Waals surface area contributed by atoms with Gasteiger partial charge in [-0.2, -0.15) is 0 Å². The number of aliphatic hydroxyl groups is 1. The minimum atomic E-state index is -4.96. The minimum Gasteiger partial charge on any atom is -0.462 e. The van der Waals surface area contributed by atoms with Crippen LogP contribution in [0.1, 0.15) is 427 Å². The number of esters is 4. The standard InChI is InChI=1S/C82H160O17P2/c1-8-9-10-11-12-13-25-35-42-49-56-63-79(84)92-69-77(98-82(87)66-59-52-45-38-31-24-18-21-28-34-41-48-55-62-75(6)7)71-96-100(88,89)94-67-76(83)68-95-101(90,91)97-72-78(70-93-80(85)64-57-50-43-36-29-23-17-20-27-33-40-47-54-61-74(4)5)99-81(86)65-58-51-44-37-30-22-16-14-15-19-26-32-39-46-53-60-73(2)3/h73-78,83H,8-72H2,1-7H3,(H,88,89)(H,90,91)/t76-,77+,78+/m0/s1. The molecule has 0 radical (unpaired) electrons. The fraction of sp³-hybridized carbons (Fsp3) is 0.951. The predicted molar refractivity (Wildman–Crippen MR) is 414 cm³/mol. The summed E-state index contributed by atoms with van der Waals surface area (Å²) in [5, 5.41) is 10.7. The van der Waals surface area contributed by atoms with E-state index in [-0.39, 0.29) is 25.7 Å². The van der Waals surface area contributed by atoms with E-state index in [9.17, 15) is 43.2 Å². The number of hydrogen-bond donors (Lipinski definition) is 3. The predicted octanol–water partition coefficient (Wildman–Crippen LogP) is 24.5. The van der Waals surface area contributed by atoms with E-state index in [2.05, 4.69) is 48.5 Å². The van der Waals surface area contributed by atoms with Crippen molar-refractivity contribution in [2.45, 2.75) is 446 Å². The highest BCUT2D eigenvalue weighted by Gasteiger charge is 2.30. The lowest BCUT2D eigenvalue weighted by Crippen LogP contribution is -2.30. The van der Waals surface area contributed by atoms with Crippen molar-refractivity contribution >= 4 is 39.5 Å². The van der Waals surface area contributed by atoms with Crippen LogP contribution in [0.2, 0.25) is 0 Å². The highest BCUT2D eigenvalue weighted by atomic mass is 31.2. The van der Waals surface area contributed by atoms with Gasteiger partial charge in [-0.1, -0.05) is 376 Å². The number of carbonyl (C=O) groups is 4. The summed E-state index contributed by atoms with van der Waals surface area (Å²) in [5.74, 6) is 0.273. The van der Waals surface area contributed by atoms with Gasteiger partial charge in [0, 0.05) is 25.7 Å². The second-order valence-electron chi connectivity index (χ2n) is 30.9. The molecule has 0 aromatic heterocycles. The molecule has 0 bridgehead atoms. The Morgan fingerprint density at radius 2 is 0.455 bits per heavy atom. The summed E-state index contributed by atoms with van der Waals surface area (Å²) in [5.41, 5.74) is 0. The van der Waals surface area contributed by atoms with Crippen molar-refractivity contribution in [2.24, 2.45) is 17.8 Å². The van der Waals surface area contributed by atoms with Gasteiger partial charge >= 0.3 is 39.5 Å². The molecule has 19 heteroatoms. The normalized spacial score (nSPS) is 14.0.